The zero-order chi connectivity index (χ0) is 26.9. The van der Waals surface area contributed by atoms with Crippen LogP contribution in [-0.2, 0) is 11.2 Å². The lowest BCUT2D eigenvalue weighted by molar-refractivity contribution is -0.129. The lowest BCUT2D eigenvalue weighted by atomic mass is 10.1. The molecule has 8 heteroatoms. The molecule has 4 rings (SSSR count). The molecule has 4 aromatic rings. The highest BCUT2D eigenvalue weighted by molar-refractivity contribution is 7.99. The van der Waals surface area contributed by atoms with Gasteiger partial charge in [0.25, 0.3) is 0 Å². The first-order valence-electron chi connectivity index (χ1n) is 12.7. The van der Waals surface area contributed by atoms with Crippen LogP contribution in [0.5, 0.6) is 11.5 Å². The van der Waals surface area contributed by atoms with E-state index < -0.39 is 0 Å². The number of aryl methyl sites for hydroxylation is 1. The maximum Gasteiger partial charge on any atom is 0.222 e. The fraction of sp³-hybridized carbons (Fsp3) is 0.300. The van der Waals surface area contributed by atoms with Crippen LogP contribution >= 0.6 is 11.8 Å². The van der Waals surface area contributed by atoms with Crippen LogP contribution < -0.4 is 9.47 Å². The molecule has 0 spiro atoms. The van der Waals surface area contributed by atoms with Gasteiger partial charge in [-0.1, -0.05) is 65.9 Å². The number of carbonyl (C=O) groups is 1. The fourth-order valence-electron chi connectivity index (χ4n) is 4.10. The van der Waals surface area contributed by atoms with Gasteiger partial charge in [-0.05, 0) is 49.6 Å². The summed E-state index contributed by atoms with van der Waals surface area (Å²) < 4.78 is 12.8. The Bertz CT molecular complexity index is 1340. The lowest BCUT2D eigenvalue weighted by Gasteiger charge is -2.18. The van der Waals surface area contributed by atoms with Crippen LogP contribution in [0.3, 0.4) is 0 Å². The highest BCUT2D eigenvalue weighted by Gasteiger charge is 2.17. The Balaban J connectivity index is 1.33. The largest absolute Gasteiger partial charge is 0.493 e. The van der Waals surface area contributed by atoms with E-state index in [1.807, 2.05) is 55.6 Å². The molecule has 0 aliphatic heterocycles. The number of rotatable bonds is 12. The van der Waals surface area contributed by atoms with E-state index >= 15 is 0 Å². The molecule has 0 saturated heterocycles. The molecular weight excluding hydrogens is 496 g/mol. The molecule has 0 aliphatic carbocycles. The minimum absolute atomic E-state index is 0.135. The van der Waals surface area contributed by atoms with Gasteiger partial charge in [-0.25, -0.2) is 0 Å². The molecule has 7 nitrogen and oxygen atoms in total. The lowest BCUT2D eigenvalue weighted by Crippen LogP contribution is -2.28. The van der Waals surface area contributed by atoms with Gasteiger partial charge in [-0.2, -0.15) is 0 Å². The van der Waals surface area contributed by atoms with Crippen molar-refractivity contribution in [2.24, 2.45) is 0 Å². The van der Waals surface area contributed by atoms with E-state index in [4.69, 9.17) is 9.47 Å². The zero-order valence-corrected chi connectivity index (χ0v) is 23.2. The number of methoxy groups -OCH3 is 2. The number of amides is 1. The van der Waals surface area contributed by atoms with Crippen molar-refractivity contribution in [2.75, 3.05) is 33.6 Å². The average Bonchev–Trinajstić information content (AvgIpc) is 3.38. The quantitative estimate of drug-likeness (QED) is 0.169. The van der Waals surface area contributed by atoms with Gasteiger partial charge in [0.05, 0.1) is 14.2 Å². The van der Waals surface area contributed by atoms with Crippen LogP contribution in [0, 0.1) is 6.92 Å². The first kappa shape index (κ1) is 27.3. The van der Waals surface area contributed by atoms with Crippen molar-refractivity contribution >= 4 is 17.7 Å². The van der Waals surface area contributed by atoms with Gasteiger partial charge in [0, 0.05) is 37.0 Å². The third kappa shape index (κ3) is 6.75. The molecule has 0 radical (unpaired) electrons. The van der Waals surface area contributed by atoms with Gasteiger partial charge >= 0.3 is 0 Å². The molecule has 1 amide bonds. The van der Waals surface area contributed by atoms with Gasteiger partial charge in [0.1, 0.15) is 0 Å². The molecule has 0 atom stereocenters. The Morgan fingerprint density at radius 3 is 2.39 bits per heavy atom. The SMILES string of the molecule is COc1ccc(CCN(C)C(=O)CCCSc2nnc(-c3ccccc3)n2-c2ccc(C)cc2)cc1OC. The van der Waals surface area contributed by atoms with Gasteiger partial charge < -0.3 is 14.4 Å². The summed E-state index contributed by atoms with van der Waals surface area (Å²) in [6.07, 6.45) is 1.99. The van der Waals surface area contributed by atoms with Gasteiger partial charge in [0.2, 0.25) is 5.91 Å². The number of carbonyl (C=O) groups excluding carboxylic acids is 1. The van der Waals surface area contributed by atoms with Gasteiger partial charge in [-0.15, -0.1) is 10.2 Å². The Kier molecular flexibility index (Phi) is 9.43. The summed E-state index contributed by atoms with van der Waals surface area (Å²) in [6, 6.07) is 24.3. The summed E-state index contributed by atoms with van der Waals surface area (Å²) in [5.74, 6) is 3.12. The van der Waals surface area contributed by atoms with Crippen molar-refractivity contribution < 1.29 is 14.3 Å². The van der Waals surface area contributed by atoms with E-state index in [1.54, 1.807) is 30.9 Å². The molecule has 38 heavy (non-hydrogen) atoms. The van der Waals surface area contributed by atoms with Crippen LogP contribution in [0.1, 0.15) is 24.0 Å². The second-order valence-electron chi connectivity index (χ2n) is 9.05. The first-order chi connectivity index (χ1) is 18.5. The molecule has 1 aromatic heterocycles. The number of ether oxygens (including phenoxy) is 2. The van der Waals surface area contributed by atoms with E-state index in [1.165, 1.54) is 5.56 Å². The summed E-state index contributed by atoms with van der Waals surface area (Å²) >= 11 is 1.63. The third-order valence-electron chi connectivity index (χ3n) is 6.33. The molecule has 0 bridgehead atoms. The van der Waals surface area contributed by atoms with E-state index in [9.17, 15) is 4.79 Å². The topological polar surface area (TPSA) is 69.5 Å². The maximum absolute atomic E-state index is 12.7. The summed E-state index contributed by atoms with van der Waals surface area (Å²) in [5, 5.41) is 9.82. The van der Waals surface area contributed by atoms with Gasteiger partial charge in [0.15, 0.2) is 22.5 Å². The van der Waals surface area contributed by atoms with Crippen LogP contribution in [0.25, 0.3) is 17.1 Å². The van der Waals surface area contributed by atoms with Crippen molar-refractivity contribution in [3.8, 4) is 28.6 Å². The Morgan fingerprint density at radius 1 is 0.947 bits per heavy atom. The molecule has 0 unspecified atom stereocenters. The summed E-state index contributed by atoms with van der Waals surface area (Å²) in [6.45, 7) is 2.72. The van der Waals surface area contributed by atoms with E-state index in [2.05, 4.69) is 46.0 Å². The van der Waals surface area contributed by atoms with Crippen molar-refractivity contribution in [3.05, 3.63) is 83.9 Å². The predicted molar refractivity (Wildman–Crippen MR) is 152 cm³/mol. The first-order valence-corrected chi connectivity index (χ1v) is 13.6. The van der Waals surface area contributed by atoms with Gasteiger partial charge in [-0.3, -0.25) is 9.36 Å². The Hall–Kier alpha value is -3.78. The molecule has 0 N–H and O–H groups in total. The smallest absolute Gasteiger partial charge is 0.222 e. The van der Waals surface area contributed by atoms with Crippen LogP contribution in [0.4, 0.5) is 0 Å². The Labute approximate surface area is 228 Å². The van der Waals surface area contributed by atoms with Crippen molar-refractivity contribution in [3.63, 3.8) is 0 Å². The summed E-state index contributed by atoms with van der Waals surface area (Å²) in [7, 11) is 5.11. The summed E-state index contributed by atoms with van der Waals surface area (Å²) in [4.78, 5) is 14.5. The Morgan fingerprint density at radius 2 is 1.68 bits per heavy atom. The summed E-state index contributed by atoms with van der Waals surface area (Å²) in [5.41, 5.74) is 4.33. The van der Waals surface area contributed by atoms with Crippen LogP contribution in [-0.4, -0.2) is 59.1 Å². The van der Waals surface area contributed by atoms with Crippen LogP contribution in [0.15, 0.2) is 78.0 Å². The minimum Gasteiger partial charge on any atom is -0.493 e. The van der Waals surface area contributed by atoms with Crippen molar-refractivity contribution in [1.29, 1.82) is 0 Å². The average molecular weight is 531 g/mol. The maximum atomic E-state index is 12.7. The number of aromatic nitrogens is 3. The highest BCUT2D eigenvalue weighted by atomic mass is 32.2. The second kappa shape index (κ2) is 13.1. The fourth-order valence-corrected chi connectivity index (χ4v) is 4.99. The molecule has 1 heterocycles. The molecule has 0 aliphatic rings. The van der Waals surface area contributed by atoms with Crippen LogP contribution in [0.2, 0.25) is 0 Å². The number of likely N-dealkylation sites (N-methyl/N-ethyl adjacent to an activating group) is 1. The molecule has 3 aromatic carbocycles. The zero-order valence-electron chi connectivity index (χ0n) is 22.4. The number of hydrogen-bond donors (Lipinski definition) is 0. The molecule has 0 fully saturated rings. The van der Waals surface area contributed by atoms with E-state index in [-0.39, 0.29) is 5.91 Å². The molecule has 0 saturated carbocycles. The number of nitrogens with zero attached hydrogens (tertiary/aromatic N) is 4. The van der Waals surface area contributed by atoms with E-state index in [0.29, 0.717) is 24.5 Å². The monoisotopic (exact) mass is 530 g/mol. The van der Waals surface area contributed by atoms with Crippen molar-refractivity contribution in [2.45, 2.75) is 31.3 Å². The number of thioether (sulfide) groups is 1. The van der Waals surface area contributed by atoms with Crippen molar-refractivity contribution in [1.82, 2.24) is 19.7 Å². The third-order valence-corrected chi connectivity index (χ3v) is 7.35. The normalized spacial score (nSPS) is 10.8. The predicted octanol–water partition coefficient (Wildman–Crippen LogP) is 5.83. The number of benzene rings is 3. The second-order valence-corrected chi connectivity index (χ2v) is 10.1. The number of hydrogen-bond acceptors (Lipinski definition) is 6. The van der Waals surface area contributed by atoms with E-state index in [0.717, 1.165) is 46.4 Å². The molecule has 198 valence electrons. The highest BCUT2D eigenvalue weighted by Crippen LogP contribution is 2.29. The molecular formula is C30H34N4O3S. The standard InChI is InChI=1S/C30H34N4O3S/c1-22-12-15-25(16-13-22)34-29(24-9-6-5-7-10-24)31-32-30(34)38-20-8-11-28(35)33(2)19-18-23-14-17-26(36-3)27(21-23)37-4/h5-7,9-10,12-17,21H,8,11,18-20H2,1-4H3. The minimum atomic E-state index is 0.135.